The topological polar surface area (TPSA) is 615 Å². The summed E-state index contributed by atoms with van der Waals surface area (Å²) in [5, 5.41) is 12.5. The van der Waals surface area contributed by atoms with Gasteiger partial charge in [0.05, 0.1) is 42.3 Å². The van der Waals surface area contributed by atoms with Gasteiger partial charge in [-0.25, -0.2) is 32.4 Å². The van der Waals surface area contributed by atoms with Crippen molar-refractivity contribution in [2.45, 2.75) is 127 Å². The predicted molar refractivity (Wildman–Crippen MR) is 322 cm³/mol. The molecular formula is C44H72N5O35P5S4. The van der Waals surface area contributed by atoms with Gasteiger partial charge < -0.3 is 49.3 Å². The largest absolute Gasteiger partial charge is 0.490 e. The Kier molecular flexibility index (Phi) is 32.3. The maximum Gasteiger partial charge on any atom is 0.490 e. The highest BCUT2D eigenvalue weighted by Crippen LogP contribution is 2.74. The molecule has 2 heterocycles. The number of aliphatic imine (C=N–C) groups is 1. The van der Waals surface area contributed by atoms with E-state index in [0.717, 1.165) is 16.8 Å². The molecule has 49 heteroatoms. The number of aromatic nitrogens is 2. The van der Waals surface area contributed by atoms with Gasteiger partial charge in [0, 0.05) is 54.8 Å². The molecule has 0 spiro atoms. The highest BCUT2D eigenvalue weighted by molar-refractivity contribution is 7.86. The number of hydrogen-bond acceptors (Lipinski definition) is 28. The van der Waals surface area contributed by atoms with Crippen LogP contribution in [0.25, 0.3) is 0 Å². The summed E-state index contributed by atoms with van der Waals surface area (Å²) in [5.41, 5.74) is -0.0149. The van der Waals surface area contributed by atoms with E-state index in [1.54, 1.807) is 30.1 Å². The molecule has 1 amide bonds. The number of ether oxygens (including phenoxy) is 2. The van der Waals surface area contributed by atoms with Crippen LogP contribution < -0.4 is 21.5 Å². The average molecular weight is 1510 g/mol. The summed E-state index contributed by atoms with van der Waals surface area (Å²) < 4.78 is 228. The fraction of sp³-hybridized carbons (Fsp3) is 0.614. The molecule has 532 valence electrons. The first-order valence-electron chi connectivity index (χ1n) is 27.1. The summed E-state index contributed by atoms with van der Waals surface area (Å²) in [6, 6.07) is 1.74. The summed E-state index contributed by atoms with van der Waals surface area (Å²) in [6.07, 6.45) is 1.65. The van der Waals surface area contributed by atoms with Crippen molar-refractivity contribution < 1.29 is 150 Å². The third-order valence-electron chi connectivity index (χ3n) is 12.2. The Morgan fingerprint density at radius 1 is 0.742 bits per heavy atom. The van der Waals surface area contributed by atoms with Gasteiger partial charge in [0.1, 0.15) is 24.1 Å². The predicted octanol–water partition coefficient (Wildman–Crippen LogP) is 3.04. The van der Waals surface area contributed by atoms with Crippen molar-refractivity contribution in [1.82, 2.24) is 14.9 Å². The number of carbonyl (C=O) groups excluding carboxylic acids is 2. The second-order valence-electron chi connectivity index (χ2n) is 20.1. The molecule has 1 aromatic heterocycles. The second kappa shape index (κ2) is 36.1. The highest BCUT2D eigenvalue weighted by Gasteiger charge is 2.49. The van der Waals surface area contributed by atoms with E-state index in [4.69, 9.17) is 14.0 Å². The van der Waals surface area contributed by atoms with Crippen molar-refractivity contribution in [3.63, 3.8) is 0 Å². The molecule has 1 fully saturated rings. The fourth-order valence-corrected chi connectivity index (χ4v) is 16.7. The Morgan fingerprint density at radius 3 is 1.86 bits per heavy atom. The maximum atomic E-state index is 13.0. The van der Waals surface area contributed by atoms with Gasteiger partial charge in [0.15, 0.2) is 0 Å². The number of hydrogen-bond donors (Lipinski definition) is 12. The van der Waals surface area contributed by atoms with Gasteiger partial charge in [0.25, 0.3) is 46.0 Å². The number of benzene rings is 1. The number of aromatic amines is 1. The minimum absolute atomic E-state index is 0.0149. The normalized spacial score (nSPS) is 19.8. The van der Waals surface area contributed by atoms with E-state index in [0.29, 0.717) is 29.1 Å². The lowest BCUT2D eigenvalue weighted by Crippen LogP contribution is -2.46. The summed E-state index contributed by atoms with van der Waals surface area (Å²) >= 11 is 0. The quantitative estimate of drug-likeness (QED) is 0.0113. The van der Waals surface area contributed by atoms with Crippen molar-refractivity contribution in [1.29, 1.82) is 0 Å². The van der Waals surface area contributed by atoms with Gasteiger partial charge in [0.2, 0.25) is 5.91 Å². The minimum atomic E-state index is -6.46. The first kappa shape index (κ1) is 83.3. The van der Waals surface area contributed by atoms with Gasteiger partial charge in [-0.2, -0.15) is 50.9 Å². The second-order valence-corrected chi connectivity index (χ2v) is 34.0. The lowest BCUT2D eigenvalue weighted by atomic mass is 10.1. The molecule has 1 aliphatic heterocycles. The van der Waals surface area contributed by atoms with Gasteiger partial charge >= 0.3 is 50.8 Å². The molecule has 0 bridgehead atoms. The van der Waals surface area contributed by atoms with E-state index in [2.05, 4.69) is 36.6 Å². The van der Waals surface area contributed by atoms with Crippen molar-refractivity contribution in [2.24, 2.45) is 4.99 Å². The van der Waals surface area contributed by atoms with Crippen molar-refractivity contribution >= 4 is 103 Å². The fourth-order valence-electron chi connectivity index (χ4n) is 8.12. The molecule has 9 atom stereocenters. The van der Waals surface area contributed by atoms with Crippen LogP contribution in [0.5, 0.6) is 0 Å². The summed E-state index contributed by atoms with van der Waals surface area (Å²) in [5.74, 6) is -4.63. The summed E-state index contributed by atoms with van der Waals surface area (Å²) in [7, 11) is -48.9. The molecule has 93 heavy (non-hydrogen) atoms. The average Bonchev–Trinajstić information content (AvgIpc) is 1.82. The first-order chi connectivity index (χ1) is 42.6. The molecule has 0 saturated carbocycles. The van der Waals surface area contributed by atoms with E-state index >= 15 is 0 Å². The number of nitrogens with zero attached hydrogens (tertiary/aromatic N) is 3. The Labute approximate surface area is 532 Å². The third-order valence-corrected chi connectivity index (χ3v) is 23.0. The zero-order valence-electron chi connectivity index (χ0n) is 49.4. The van der Waals surface area contributed by atoms with Crippen LogP contribution in [0.15, 0.2) is 67.8 Å². The Hall–Kier alpha value is -3.94. The third kappa shape index (κ3) is 33.7. The monoisotopic (exact) mass is 1510 g/mol. The van der Waals surface area contributed by atoms with Crippen LogP contribution in [0.4, 0.5) is 5.69 Å². The number of H-pyrrole nitrogens is 1. The number of carbonyl (C=O) groups is 2. The molecule has 3 rings (SSSR count). The molecule has 1 aliphatic rings. The van der Waals surface area contributed by atoms with Crippen molar-refractivity contribution in [2.75, 3.05) is 55.1 Å². The Balaban J connectivity index is 1.50. The minimum Gasteiger partial charge on any atom is -0.464 e. The zero-order valence-corrected chi connectivity index (χ0v) is 57.1. The Bertz CT molecular complexity index is 3880. The van der Waals surface area contributed by atoms with E-state index in [1.165, 1.54) is 26.0 Å². The smallest absolute Gasteiger partial charge is 0.464 e. The number of rotatable bonds is 43. The van der Waals surface area contributed by atoms with E-state index < -0.39 is 169 Å². The van der Waals surface area contributed by atoms with E-state index in [9.17, 15) is 119 Å². The van der Waals surface area contributed by atoms with Crippen molar-refractivity contribution in [3.05, 3.63) is 80.3 Å². The number of phosphoric acid groups is 5. The zero-order chi connectivity index (χ0) is 70.6. The number of aliphatic hydroxyl groups is 1. The molecule has 12 N–H and O–H groups in total. The van der Waals surface area contributed by atoms with E-state index in [1.807, 2.05) is 4.98 Å². The number of allylic oxidation sites excluding steroid dienone is 4. The highest BCUT2D eigenvalue weighted by atomic mass is 32.2. The molecule has 1 saturated heterocycles. The maximum absolute atomic E-state index is 13.0. The number of amides is 1. The number of unbranched alkanes of at least 4 members (excludes halogenated alkanes) is 5. The van der Waals surface area contributed by atoms with Crippen molar-refractivity contribution in [3.8, 4) is 0 Å². The molecule has 0 aliphatic carbocycles. The molecule has 0 radical (unpaired) electrons. The SMILES string of the molecule is CC(/C=C/C=C(\CCCCCC(=O)NC(CS(=O)(=O)O)C(=O)OCCCCCCOP(=O)(O)OP(=O)(O)OP(=O)(O)OP(=O)(O)OP(=O)(O)OC[C@H]1O[C@@H](n2cc(C)c(=O)[nH]c2=O)C[C@H]1O)N(CCCS(=O)(=O)O)c1ccc(S(=O)(=O)O)cc1C)=N/CCCS(=O)(=O)O. The van der Waals surface area contributed by atoms with Crippen LogP contribution in [0, 0.1) is 13.8 Å². The van der Waals surface area contributed by atoms with Gasteiger partial charge in [-0.05, 0) is 108 Å². The van der Waals surface area contributed by atoms with Gasteiger partial charge in [-0.1, -0.05) is 18.9 Å². The number of esters is 1. The van der Waals surface area contributed by atoms with Crippen LogP contribution >= 0.6 is 39.1 Å². The molecule has 40 nitrogen and oxygen atoms in total. The molecule has 1 aromatic carbocycles. The van der Waals surface area contributed by atoms with E-state index in [-0.39, 0.29) is 89.3 Å². The lowest BCUT2D eigenvalue weighted by molar-refractivity contribution is -0.147. The lowest BCUT2D eigenvalue weighted by Gasteiger charge is -2.29. The molecule has 2 aromatic rings. The molecular weight excluding hydrogens is 1440 g/mol. The van der Waals surface area contributed by atoms with Crippen LogP contribution in [0.1, 0.15) is 101 Å². The van der Waals surface area contributed by atoms with Gasteiger partial charge in [-0.15, -0.1) is 0 Å². The standard InChI is InChI=1S/C44H72N5O35P5S4/c1-31-26-35(93(74,75)76)18-19-37(31)48(21-13-25-91(68,69)70)34(16-11-14-33(3)45-20-12-24-90(65,66)67)15-7-6-8-17-40(51)46-36(30-92(71,72)73)43(53)77-22-9-4-5-10-23-78-85(55,56)81-87(59,60)83-89(63,64)84-88(61,62)82-86(57,58)79-29-39-38(50)27-41(80-39)49-28-32(2)42(52)47-44(49)54/h11,14,16,18-19,26,28,36,38-39,41,50H,4-10,12-13,15,17,20-25,27,29-30H2,1-3H3,(H,46,51)(H,55,56)(H,57,58)(H,59,60)(H,61,62)(H,63,64)(H,47,52,54)(H,65,66,67)(H,68,69,70)(H,71,72,73)(H,74,75,76)/b14-11+,34-16+,45-33-/t36?,38-,39-,41-/m1/s1. The number of aryl methyl sites for hydroxylation is 2. The Morgan fingerprint density at radius 2 is 1.29 bits per heavy atom. The van der Waals surface area contributed by atoms with Crippen LogP contribution in [0.3, 0.4) is 0 Å². The molecule has 6 unspecified atom stereocenters. The number of anilines is 1. The first-order valence-corrected chi connectivity index (χ1v) is 40.8. The summed E-state index contributed by atoms with van der Waals surface area (Å²) in [6.45, 7) is 2.15. The van der Waals surface area contributed by atoms with Crippen LogP contribution in [0.2, 0.25) is 0 Å². The number of nitrogens with one attached hydrogen (secondary N) is 2. The number of aliphatic hydroxyl groups excluding tert-OH is 1. The summed E-state index contributed by atoms with van der Waals surface area (Å²) in [4.78, 5) is 107. The van der Waals surface area contributed by atoms with Crippen LogP contribution in [-0.2, 0) is 109 Å². The number of phosphoric ester groups is 2. The van der Waals surface area contributed by atoms with Gasteiger partial charge in [-0.3, -0.25) is 51.4 Å². The van der Waals surface area contributed by atoms with Crippen LogP contribution in [-0.4, -0.2) is 177 Å².